The Balaban J connectivity index is 1.33. The lowest BCUT2D eigenvalue weighted by Crippen LogP contribution is -2.35. The highest BCUT2D eigenvalue weighted by atomic mass is 16.5. The Bertz CT molecular complexity index is 764. The molecule has 7 heteroatoms. The number of aryl methyl sites for hydroxylation is 2. The zero-order chi connectivity index (χ0) is 18.8. The van der Waals surface area contributed by atoms with Gasteiger partial charge >= 0.3 is 0 Å². The standard InChI is InChI=1S/C20H28N4O3/c1-14-11-18(27-15(14)2)12-23-8-4-17(5-9-23)24-19(3-7-21-24)22-20(25)16-6-10-26-13-16/h3,7,11,16-17H,4-6,8-10,12-13H2,1-2H3,(H,22,25)/t16-/m1/s1. The Kier molecular flexibility index (Phi) is 5.31. The first-order valence-corrected chi connectivity index (χ1v) is 9.80. The van der Waals surface area contributed by atoms with Gasteiger partial charge in [0.05, 0.1) is 31.3 Å². The number of furan rings is 1. The first-order chi connectivity index (χ1) is 13.1. The molecule has 146 valence electrons. The lowest BCUT2D eigenvalue weighted by atomic mass is 10.0. The van der Waals surface area contributed by atoms with Gasteiger partial charge in [0.2, 0.25) is 5.91 Å². The van der Waals surface area contributed by atoms with Gasteiger partial charge in [-0.1, -0.05) is 0 Å². The van der Waals surface area contributed by atoms with E-state index in [-0.39, 0.29) is 11.8 Å². The van der Waals surface area contributed by atoms with Crippen LogP contribution in [0.2, 0.25) is 0 Å². The van der Waals surface area contributed by atoms with Gasteiger partial charge in [-0.05, 0) is 44.7 Å². The number of piperidine rings is 1. The second kappa shape index (κ2) is 7.86. The van der Waals surface area contributed by atoms with Crippen LogP contribution in [-0.2, 0) is 16.1 Å². The molecule has 0 unspecified atom stereocenters. The van der Waals surface area contributed by atoms with E-state index in [1.807, 2.05) is 17.7 Å². The van der Waals surface area contributed by atoms with E-state index in [9.17, 15) is 4.79 Å². The summed E-state index contributed by atoms with van der Waals surface area (Å²) in [6.45, 7) is 8.12. The smallest absolute Gasteiger partial charge is 0.231 e. The summed E-state index contributed by atoms with van der Waals surface area (Å²) in [5.41, 5.74) is 1.21. The van der Waals surface area contributed by atoms with Crippen molar-refractivity contribution in [3.8, 4) is 0 Å². The molecule has 0 aliphatic carbocycles. The number of rotatable bonds is 5. The number of amides is 1. The van der Waals surface area contributed by atoms with Gasteiger partial charge in [-0.25, -0.2) is 4.68 Å². The molecule has 1 amide bonds. The van der Waals surface area contributed by atoms with E-state index in [0.717, 1.165) is 56.2 Å². The average Bonchev–Trinajstić information content (AvgIpc) is 3.39. The normalized spacial score (nSPS) is 21.6. The molecule has 4 rings (SSSR count). The van der Waals surface area contributed by atoms with Crippen molar-refractivity contribution < 1.29 is 13.9 Å². The lowest BCUT2D eigenvalue weighted by Gasteiger charge is -2.32. The summed E-state index contributed by atoms with van der Waals surface area (Å²) >= 11 is 0. The Morgan fingerprint density at radius 1 is 1.30 bits per heavy atom. The molecule has 2 aliphatic rings. The van der Waals surface area contributed by atoms with Crippen LogP contribution in [0.1, 0.15) is 42.4 Å². The van der Waals surface area contributed by atoms with Crippen LogP contribution < -0.4 is 5.32 Å². The predicted octanol–water partition coefficient (Wildman–Crippen LogP) is 2.91. The molecule has 1 N–H and O–H groups in total. The van der Waals surface area contributed by atoms with Crippen molar-refractivity contribution in [1.29, 1.82) is 0 Å². The van der Waals surface area contributed by atoms with Crippen LogP contribution in [0.15, 0.2) is 22.7 Å². The fraction of sp³-hybridized carbons (Fsp3) is 0.600. The van der Waals surface area contributed by atoms with E-state index in [1.165, 1.54) is 5.56 Å². The highest BCUT2D eigenvalue weighted by Crippen LogP contribution is 2.27. The van der Waals surface area contributed by atoms with E-state index in [1.54, 1.807) is 6.20 Å². The van der Waals surface area contributed by atoms with Crippen molar-refractivity contribution in [3.63, 3.8) is 0 Å². The first-order valence-electron chi connectivity index (χ1n) is 9.80. The van der Waals surface area contributed by atoms with Gasteiger partial charge < -0.3 is 14.5 Å². The van der Waals surface area contributed by atoms with Crippen LogP contribution in [0.5, 0.6) is 0 Å². The third-order valence-electron chi connectivity index (χ3n) is 5.72. The minimum Gasteiger partial charge on any atom is -0.465 e. The van der Waals surface area contributed by atoms with Crippen LogP contribution in [0.3, 0.4) is 0 Å². The Hall–Kier alpha value is -2.12. The lowest BCUT2D eigenvalue weighted by molar-refractivity contribution is -0.119. The van der Waals surface area contributed by atoms with Crippen molar-refractivity contribution >= 4 is 11.7 Å². The van der Waals surface area contributed by atoms with Crippen molar-refractivity contribution in [2.45, 2.75) is 45.7 Å². The molecule has 0 bridgehead atoms. The molecular formula is C20H28N4O3. The molecule has 2 saturated heterocycles. The largest absolute Gasteiger partial charge is 0.465 e. The maximum Gasteiger partial charge on any atom is 0.231 e. The summed E-state index contributed by atoms with van der Waals surface area (Å²) in [5, 5.41) is 7.52. The van der Waals surface area contributed by atoms with Crippen LogP contribution in [0, 0.1) is 19.8 Å². The van der Waals surface area contributed by atoms with Crippen molar-refractivity contribution in [2.75, 3.05) is 31.6 Å². The molecule has 0 radical (unpaired) electrons. The number of aromatic nitrogens is 2. The number of nitrogens with one attached hydrogen (secondary N) is 1. The maximum absolute atomic E-state index is 12.4. The summed E-state index contributed by atoms with van der Waals surface area (Å²) in [4.78, 5) is 14.8. The summed E-state index contributed by atoms with van der Waals surface area (Å²) in [7, 11) is 0. The SMILES string of the molecule is Cc1cc(CN2CCC(n3nccc3NC(=O)[C@@H]3CCOC3)CC2)oc1C. The van der Waals surface area contributed by atoms with E-state index in [2.05, 4.69) is 28.3 Å². The van der Waals surface area contributed by atoms with Crippen LogP contribution in [0.25, 0.3) is 0 Å². The van der Waals surface area contributed by atoms with Gasteiger partial charge in [0.25, 0.3) is 0 Å². The number of carbonyl (C=O) groups is 1. The quantitative estimate of drug-likeness (QED) is 0.874. The number of nitrogens with zero attached hydrogens (tertiary/aromatic N) is 3. The van der Waals surface area contributed by atoms with Crippen LogP contribution in [-0.4, -0.2) is 46.9 Å². The summed E-state index contributed by atoms with van der Waals surface area (Å²) in [5.74, 6) is 2.83. The fourth-order valence-electron chi connectivity index (χ4n) is 3.94. The molecule has 2 aliphatic heterocycles. The minimum absolute atomic E-state index is 0.0373. The fourth-order valence-corrected chi connectivity index (χ4v) is 3.94. The number of carbonyl (C=O) groups excluding carboxylic acids is 1. The van der Waals surface area contributed by atoms with E-state index in [4.69, 9.17) is 9.15 Å². The minimum atomic E-state index is -0.0459. The third-order valence-corrected chi connectivity index (χ3v) is 5.72. The van der Waals surface area contributed by atoms with E-state index < -0.39 is 0 Å². The topological polar surface area (TPSA) is 72.5 Å². The van der Waals surface area contributed by atoms with Gasteiger partial charge in [-0.3, -0.25) is 9.69 Å². The van der Waals surface area contributed by atoms with Gasteiger partial charge in [0.1, 0.15) is 17.3 Å². The van der Waals surface area contributed by atoms with Gasteiger partial charge in [0, 0.05) is 25.8 Å². The molecule has 0 aromatic carbocycles. The monoisotopic (exact) mass is 372 g/mol. The molecule has 2 fully saturated rings. The van der Waals surface area contributed by atoms with Gasteiger partial charge in [-0.15, -0.1) is 0 Å². The molecule has 0 spiro atoms. The van der Waals surface area contributed by atoms with Crippen molar-refractivity contribution in [2.24, 2.45) is 5.92 Å². The van der Waals surface area contributed by atoms with Gasteiger partial charge in [-0.2, -0.15) is 5.10 Å². The molecule has 27 heavy (non-hydrogen) atoms. The zero-order valence-electron chi connectivity index (χ0n) is 16.1. The Morgan fingerprint density at radius 2 is 2.11 bits per heavy atom. The molecule has 1 atom stereocenters. The van der Waals surface area contributed by atoms with Crippen LogP contribution >= 0.6 is 0 Å². The number of ether oxygens (including phenoxy) is 1. The molecule has 4 heterocycles. The molecule has 2 aromatic rings. The molecule has 7 nitrogen and oxygen atoms in total. The summed E-state index contributed by atoms with van der Waals surface area (Å²) in [6, 6.07) is 4.33. The van der Waals surface area contributed by atoms with Gasteiger partial charge in [0.15, 0.2) is 0 Å². The van der Waals surface area contributed by atoms with Crippen molar-refractivity contribution in [1.82, 2.24) is 14.7 Å². The summed E-state index contributed by atoms with van der Waals surface area (Å²) in [6.07, 6.45) is 4.58. The highest BCUT2D eigenvalue weighted by Gasteiger charge is 2.27. The second-order valence-electron chi connectivity index (χ2n) is 7.67. The Labute approximate surface area is 159 Å². The third kappa shape index (κ3) is 4.09. The maximum atomic E-state index is 12.4. The van der Waals surface area contributed by atoms with E-state index in [0.29, 0.717) is 19.3 Å². The number of anilines is 1. The second-order valence-corrected chi connectivity index (χ2v) is 7.67. The van der Waals surface area contributed by atoms with E-state index >= 15 is 0 Å². The van der Waals surface area contributed by atoms with Crippen molar-refractivity contribution in [3.05, 3.63) is 35.4 Å². The number of hydrogen-bond donors (Lipinski definition) is 1. The Morgan fingerprint density at radius 3 is 2.78 bits per heavy atom. The summed E-state index contributed by atoms with van der Waals surface area (Å²) < 4.78 is 13.1. The number of likely N-dealkylation sites (tertiary alicyclic amines) is 1. The number of hydrogen-bond acceptors (Lipinski definition) is 5. The average molecular weight is 372 g/mol. The molecule has 2 aromatic heterocycles. The molecule has 0 saturated carbocycles. The first kappa shape index (κ1) is 18.3. The molecular weight excluding hydrogens is 344 g/mol. The highest BCUT2D eigenvalue weighted by molar-refractivity contribution is 5.92. The predicted molar refractivity (Wildman–Crippen MR) is 102 cm³/mol. The van der Waals surface area contributed by atoms with Crippen LogP contribution in [0.4, 0.5) is 5.82 Å². The zero-order valence-corrected chi connectivity index (χ0v) is 16.1.